The van der Waals surface area contributed by atoms with Gasteiger partial charge in [-0.1, -0.05) is 47.5 Å². The SMILES string of the molecule is Cc1ccc(S(=O)(=O)Oc2ccccc2/C=C2\SC(=O)N(Cc3cc4c(cc3Cl)OCO4)C2=O)cc1. The van der Waals surface area contributed by atoms with Gasteiger partial charge in [0.2, 0.25) is 6.79 Å². The molecule has 0 bridgehead atoms. The van der Waals surface area contributed by atoms with Gasteiger partial charge >= 0.3 is 10.1 Å². The van der Waals surface area contributed by atoms with Crippen LogP contribution in [0.5, 0.6) is 17.2 Å². The molecule has 0 saturated carbocycles. The first-order chi connectivity index (χ1) is 17.2. The summed E-state index contributed by atoms with van der Waals surface area (Å²) in [6.07, 6.45) is 1.44. The molecule has 0 spiro atoms. The number of para-hydroxylation sites is 1. The molecule has 2 amide bonds. The van der Waals surface area contributed by atoms with E-state index in [0.717, 1.165) is 22.2 Å². The van der Waals surface area contributed by atoms with Gasteiger partial charge in [0.05, 0.1) is 11.4 Å². The lowest BCUT2D eigenvalue weighted by molar-refractivity contribution is -0.123. The minimum atomic E-state index is -4.11. The summed E-state index contributed by atoms with van der Waals surface area (Å²) in [5, 5.41) is -0.145. The van der Waals surface area contributed by atoms with Gasteiger partial charge in [-0.05, 0) is 54.6 Å². The highest BCUT2D eigenvalue weighted by Gasteiger charge is 2.36. The fourth-order valence-electron chi connectivity index (χ4n) is 3.58. The molecule has 0 atom stereocenters. The predicted octanol–water partition coefficient (Wildman–Crippen LogP) is 5.38. The highest BCUT2D eigenvalue weighted by molar-refractivity contribution is 8.18. The monoisotopic (exact) mass is 543 g/mol. The lowest BCUT2D eigenvalue weighted by atomic mass is 10.1. The number of imide groups is 1. The molecule has 0 radical (unpaired) electrons. The van der Waals surface area contributed by atoms with Crippen LogP contribution < -0.4 is 13.7 Å². The van der Waals surface area contributed by atoms with Crippen molar-refractivity contribution in [3.8, 4) is 17.2 Å². The first-order valence-corrected chi connectivity index (χ1v) is 13.2. The number of fused-ring (bicyclic) bond motifs is 1. The number of halogens is 1. The Hall–Kier alpha value is -3.47. The highest BCUT2D eigenvalue weighted by Crippen LogP contribution is 2.40. The van der Waals surface area contributed by atoms with E-state index in [1.54, 1.807) is 42.5 Å². The average Bonchev–Trinajstić information content (AvgIpc) is 3.39. The third-order valence-electron chi connectivity index (χ3n) is 5.46. The van der Waals surface area contributed by atoms with Crippen LogP contribution in [0.15, 0.2) is 70.5 Å². The molecular formula is C25H18ClNO7S2. The van der Waals surface area contributed by atoms with Crippen molar-refractivity contribution in [3.63, 3.8) is 0 Å². The Morgan fingerprint density at radius 1 is 1.06 bits per heavy atom. The predicted molar refractivity (Wildman–Crippen MR) is 135 cm³/mol. The van der Waals surface area contributed by atoms with Gasteiger partial charge in [0.25, 0.3) is 11.1 Å². The van der Waals surface area contributed by atoms with E-state index in [9.17, 15) is 18.0 Å². The second kappa shape index (κ2) is 9.53. The number of hydrogen-bond acceptors (Lipinski definition) is 8. The van der Waals surface area contributed by atoms with Gasteiger partial charge in [-0.2, -0.15) is 8.42 Å². The molecule has 3 aromatic carbocycles. The van der Waals surface area contributed by atoms with E-state index in [-0.39, 0.29) is 28.9 Å². The first kappa shape index (κ1) is 24.2. The number of carbonyl (C=O) groups excluding carboxylic acids is 2. The zero-order valence-corrected chi connectivity index (χ0v) is 21.2. The maximum absolute atomic E-state index is 13.1. The number of aryl methyl sites for hydroxylation is 1. The maximum atomic E-state index is 13.1. The van der Waals surface area contributed by atoms with Crippen LogP contribution in [0.1, 0.15) is 16.7 Å². The van der Waals surface area contributed by atoms with Crippen molar-refractivity contribution < 1.29 is 31.7 Å². The summed E-state index contributed by atoms with van der Waals surface area (Å²) < 4.78 is 41.6. The van der Waals surface area contributed by atoms with Crippen LogP contribution in [0.3, 0.4) is 0 Å². The average molecular weight is 544 g/mol. The number of nitrogens with zero attached hydrogens (tertiary/aromatic N) is 1. The Balaban J connectivity index is 1.39. The van der Waals surface area contributed by atoms with Gasteiger partial charge in [0, 0.05) is 16.7 Å². The van der Waals surface area contributed by atoms with Crippen molar-refractivity contribution in [1.82, 2.24) is 4.90 Å². The molecule has 0 unspecified atom stereocenters. The molecule has 0 aromatic heterocycles. The second-order valence-electron chi connectivity index (χ2n) is 7.95. The molecule has 1 fully saturated rings. The third-order valence-corrected chi connectivity index (χ3v) is 7.97. The largest absolute Gasteiger partial charge is 0.454 e. The summed E-state index contributed by atoms with van der Waals surface area (Å²) in [6.45, 7) is 1.86. The van der Waals surface area contributed by atoms with Crippen molar-refractivity contribution in [2.75, 3.05) is 6.79 Å². The van der Waals surface area contributed by atoms with Crippen molar-refractivity contribution in [3.05, 3.63) is 87.3 Å². The molecule has 0 N–H and O–H groups in total. The number of ether oxygens (including phenoxy) is 2. The summed E-state index contributed by atoms with van der Waals surface area (Å²) in [7, 11) is -4.11. The van der Waals surface area contributed by atoms with Crippen LogP contribution >= 0.6 is 23.4 Å². The summed E-state index contributed by atoms with van der Waals surface area (Å²) >= 11 is 7.06. The topological polar surface area (TPSA) is 99.2 Å². The molecular weight excluding hydrogens is 526 g/mol. The van der Waals surface area contributed by atoms with E-state index in [0.29, 0.717) is 27.6 Å². The standard InChI is InChI=1S/C25H18ClNO7S2/c1-15-6-8-18(9-7-15)36(30,31)34-20-5-3-2-4-16(20)11-23-24(28)27(25(29)35-23)13-17-10-21-22(12-19(17)26)33-14-32-21/h2-12H,13-14H2,1H3/b23-11-. The van der Waals surface area contributed by atoms with Crippen LogP contribution in [0.25, 0.3) is 6.08 Å². The number of thioether (sulfide) groups is 1. The molecule has 3 aromatic rings. The van der Waals surface area contributed by atoms with E-state index in [4.69, 9.17) is 25.3 Å². The quantitative estimate of drug-likeness (QED) is 0.302. The number of rotatable bonds is 6. The highest BCUT2D eigenvalue weighted by atomic mass is 35.5. The Morgan fingerprint density at radius 3 is 2.50 bits per heavy atom. The number of benzene rings is 3. The summed E-state index contributed by atoms with van der Waals surface area (Å²) in [5.74, 6) is 0.478. The molecule has 2 heterocycles. The van der Waals surface area contributed by atoms with Crippen molar-refractivity contribution in [1.29, 1.82) is 0 Å². The summed E-state index contributed by atoms with van der Waals surface area (Å²) in [6, 6.07) is 15.8. The van der Waals surface area contributed by atoms with Crippen molar-refractivity contribution >= 4 is 50.7 Å². The second-order valence-corrected chi connectivity index (χ2v) is 10.9. The molecule has 2 aliphatic rings. The smallest absolute Gasteiger partial charge is 0.339 e. The lowest BCUT2D eigenvalue weighted by Crippen LogP contribution is -2.27. The number of hydrogen-bond donors (Lipinski definition) is 0. The van der Waals surface area contributed by atoms with E-state index < -0.39 is 21.3 Å². The molecule has 0 aliphatic carbocycles. The Kier molecular flexibility index (Phi) is 6.42. The van der Waals surface area contributed by atoms with Gasteiger partial charge in [-0.15, -0.1) is 0 Å². The minimum absolute atomic E-state index is 0.00355. The molecule has 36 heavy (non-hydrogen) atoms. The van der Waals surface area contributed by atoms with E-state index in [1.165, 1.54) is 24.3 Å². The van der Waals surface area contributed by atoms with Gasteiger partial charge in [0.15, 0.2) is 11.5 Å². The summed E-state index contributed by atoms with van der Waals surface area (Å²) in [4.78, 5) is 26.9. The normalized spacial score (nSPS) is 16.2. The molecule has 1 saturated heterocycles. The molecule has 2 aliphatic heterocycles. The molecule has 11 heteroatoms. The van der Waals surface area contributed by atoms with Gasteiger partial charge in [0.1, 0.15) is 10.6 Å². The minimum Gasteiger partial charge on any atom is -0.454 e. The van der Waals surface area contributed by atoms with E-state index in [1.807, 2.05) is 6.92 Å². The number of amides is 2. The van der Waals surface area contributed by atoms with Crippen LogP contribution in [0.4, 0.5) is 4.79 Å². The van der Waals surface area contributed by atoms with Crippen LogP contribution in [0.2, 0.25) is 5.02 Å². The zero-order chi connectivity index (χ0) is 25.4. The molecule has 184 valence electrons. The van der Waals surface area contributed by atoms with Crippen molar-refractivity contribution in [2.45, 2.75) is 18.4 Å². The van der Waals surface area contributed by atoms with Crippen LogP contribution in [-0.2, 0) is 21.5 Å². The Morgan fingerprint density at radius 2 is 1.75 bits per heavy atom. The fraction of sp³-hybridized carbons (Fsp3) is 0.120. The Labute approximate surface area is 216 Å². The zero-order valence-electron chi connectivity index (χ0n) is 18.8. The number of carbonyl (C=O) groups is 2. The molecule has 5 rings (SSSR count). The fourth-order valence-corrected chi connectivity index (χ4v) is 5.57. The van der Waals surface area contributed by atoms with Gasteiger partial charge in [-0.25, -0.2) is 0 Å². The summed E-state index contributed by atoms with van der Waals surface area (Å²) in [5.41, 5.74) is 1.77. The first-order valence-electron chi connectivity index (χ1n) is 10.6. The third kappa shape index (κ3) is 4.79. The lowest BCUT2D eigenvalue weighted by Gasteiger charge is -2.14. The van der Waals surface area contributed by atoms with Crippen LogP contribution in [0, 0.1) is 6.92 Å². The van der Waals surface area contributed by atoms with E-state index in [2.05, 4.69) is 0 Å². The van der Waals surface area contributed by atoms with Crippen molar-refractivity contribution in [2.24, 2.45) is 0 Å². The van der Waals surface area contributed by atoms with Gasteiger partial charge in [-0.3, -0.25) is 14.5 Å². The van der Waals surface area contributed by atoms with Crippen LogP contribution in [-0.4, -0.2) is 31.3 Å². The maximum Gasteiger partial charge on any atom is 0.339 e. The van der Waals surface area contributed by atoms with E-state index >= 15 is 0 Å². The van der Waals surface area contributed by atoms with Gasteiger partial charge < -0.3 is 13.7 Å². The molecule has 8 nitrogen and oxygen atoms in total. The Bertz CT molecular complexity index is 1520.